The van der Waals surface area contributed by atoms with Gasteiger partial charge in [-0.25, -0.2) is 0 Å². The van der Waals surface area contributed by atoms with Gasteiger partial charge >= 0.3 is 0 Å². The number of thioether (sulfide) groups is 1. The topological polar surface area (TPSA) is 49.4 Å². The Morgan fingerprint density at radius 1 is 1.00 bits per heavy atom. The number of nitrogens with zero attached hydrogens (tertiary/aromatic N) is 1. The number of rotatable bonds is 6. The maximum atomic E-state index is 13.7. The van der Waals surface area contributed by atoms with Crippen LogP contribution >= 0.6 is 11.8 Å². The maximum absolute atomic E-state index is 13.7. The van der Waals surface area contributed by atoms with E-state index in [1.165, 1.54) is 24.8 Å². The van der Waals surface area contributed by atoms with E-state index in [1.807, 2.05) is 54.3 Å². The standard InChI is InChI=1S/C26H32N2O2S/c1-19-10-8-9-15-22(19)25(30)28-23(18-31-26(28)21-13-6-3-7-14-21)24(29)27-17-16-20-11-4-2-5-12-20/h2,4-5,8-12,15,21,23,26H,3,6-7,13-14,16-18H2,1H3,(H,27,29). The van der Waals surface area contributed by atoms with Crippen molar-refractivity contribution in [1.29, 1.82) is 0 Å². The SMILES string of the molecule is Cc1ccccc1C(=O)N1C(C(=O)NCCc2ccccc2)CSC1C1CCCCC1. The van der Waals surface area contributed by atoms with Crippen molar-refractivity contribution in [3.05, 3.63) is 71.3 Å². The van der Waals surface area contributed by atoms with Crippen LogP contribution in [0.1, 0.15) is 53.6 Å². The zero-order chi connectivity index (χ0) is 21.6. The van der Waals surface area contributed by atoms with Gasteiger partial charge in [0, 0.05) is 17.9 Å². The number of benzene rings is 2. The second-order valence-electron chi connectivity index (χ2n) is 8.69. The summed E-state index contributed by atoms with van der Waals surface area (Å²) in [6.07, 6.45) is 6.83. The number of carbonyl (C=O) groups is 2. The van der Waals surface area contributed by atoms with E-state index < -0.39 is 6.04 Å². The highest BCUT2D eigenvalue weighted by Gasteiger charge is 2.45. The lowest BCUT2D eigenvalue weighted by atomic mass is 9.88. The molecular weight excluding hydrogens is 404 g/mol. The lowest BCUT2D eigenvalue weighted by Crippen LogP contribution is -2.51. The van der Waals surface area contributed by atoms with E-state index in [9.17, 15) is 9.59 Å². The second kappa shape index (κ2) is 10.4. The fourth-order valence-electron chi connectivity index (χ4n) is 4.81. The molecule has 5 heteroatoms. The zero-order valence-electron chi connectivity index (χ0n) is 18.3. The Morgan fingerprint density at radius 3 is 2.45 bits per heavy atom. The number of carbonyl (C=O) groups excluding carboxylic acids is 2. The molecule has 0 spiro atoms. The van der Waals surface area contributed by atoms with Crippen molar-refractivity contribution in [3.63, 3.8) is 0 Å². The largest absolute Gasteiger partial charge is 0.354 e. The van der Waals surface area contributed by atoms with Crippen LogP contribution in [-0.2, 0) is 11.2 Å². The van der Waals surface area contributed by atoms with Crippen molar-refractivity contribution in [2.24, 2.45) is 5.92 Å². The van der Waals surface area contributed by atoms with Gasteiger partial charge in [-0.3, -0.25) is 9.59 Å². The molecule has 1 aliphatic carbocycles. The van der Waals surface area contributed by atoms with Gasteiger partial charge < -0.3 is 10.2 Å². The summed E-state index contributed by atoms with van der Waals surface area (Å²) in [6, 6.07) is 17.5. The van der Waals surface area contributed by atoms with Crippen LogP contribution in [0.4, 0.5) is 0 Å². The van der Waals surface area contributed by atoms with Gasteiger partial charge in [0.2, 0.25) is 5.91 Å². The summed E-state index contributed by atoms with van der Waals surface area (Å²) in [4.78, 5) is 28.8. The lowest BCUT2D eigenvalue weighted by molar-refractivity contribution is -0.125. The predicted molar refractivity (Wildman–Crippen MR) is 127 cm³/mol. The molecule has 1 saturated carbocycles. The van der Waals surface area contributed by atoms with E-state index in [0.717, 1.165) is 24.8 Å². The highest BCUT2D eigenvalue weighted by atomic mass is 32.2. The molecule has 31 heavy (non-hydrogen) atoms. The molecule has 2 aliphatic rings. The molecule has 4 rings (SSSR count). The Labute approximate surface area is 189 Å². The Balaban J connectivity index is 1.50. The molecule has 4 nitrogen and oxygen atoms in total. The minimum atomic E-state index is -0.403. The molecule has 0 aromatic heterocycles. The Hall–Kier alpha value is -2.27. The van der Waals surface area contributed by atoms with Gasteiger partial charge in [-0.15, -0.1) is 11.8 Å². The fraction of sp³-hybridized carbons (Fsp3) is 0.462. The lowest BCUT2D eigenvalue weighted by Gasteiger charge is -2.35. The highest BCUT2D eigenvalue weighted by Crippen LogP contribution is 2.41. The molecule has 2 atom stereocenters. The van der Waals surface area contributed by atoms with Gasteiger partial charge in [-0.1, -0.05) is 67.8 Å². The van der Waals surface area contributed by atoms with Gasteiger partial charge in [0.25, 0.3) is 5.91 Å². The average Bonchev–Trinajstić information content (AvgIpc) is 3.25. The van der Waals surface area contributed by atoms with Crippen LogP contribution < -0.4 is 5.32 Å². The molecule has 0 radical (unpaired) electrons. The summed E-state index contributed by atoms with van der Waals surface area (Å²) in [5.41, 5.74) is 2.89. The Bertz CT molecular complexity index is 895. The van der Waals surface area contributed by atoms with Crippen molar-refractivity contribution < 1.29 is 9.59 Å². The molecule has 2 unspecified atom stereocenters. The molecular formula is C26H32N2O2S. The first-order chi connectivity index (χ1) is 15.1. The Kier molecular flexibility index (Phi) is 7.33. The number of aryl methyl sites for hydroxylation is 1. The van der Waals surface area contributed by atoms with E-state index in [2.05, 4.69) is 17.4 Å². The first-order valence-electron chi connectivity index (χ1n) is 11.5. The molecule has 2 amide bonds. The molecule has 2 aromatic carbocycles. The van der Waals surface area contributed by atoms with Crippen molar-refractivity contribution in [3.8, 4) is 0 Å². The van der Waals surface area contributed by atoms with E-state index in [4.69, 9.17) is 0 Å². The van der Waals surface area contributed by atoms with Gasteiger partial charge in [-0.05, 0) is 49.3 Å². The molecule has 2 fully saturated rings. The molecule has 0 bridgehead atoms. The summed E-state index contributed by atoms with van der Waals surface area (Å²) in [6.45, 7) is 2.56. The molecule has 1 N–H and O–H groups in total. The number of nitrogens with one attached hydrogen (secondary N) is 1. The van der Waals surface area contributed by atoms with Crippen LogP contribution in [0.15, 0.2) is 54.6 Å². The third-order valence-electron chi connectivity index (χ3n) is 6.56. The van der Waals surface area contributed by atoms with Crippen LogP contribution in [0.5, 0.6) is 0 Å². The van der Waals surface area contributed by atoms with Crippen LogP contribution in [0.25, 0.3) is 0 Å². The van der Waals surface area contributed by atoms with Gasteiger partial charge in [-0.2, -0.15) is 0 Å². The molecule has 1 aliphatic heterocycles. The number of amides is 2. The third-order valence-corrected chi connectivity index (χ3v) is 8.02. The van der Waals surface area contributed by atoms with E-state index in [1.54, 1.807) is 11.8 Å². The van der Waals surface area contributed by atoms with Gasteiger partial charge in [0.1, 0.15) is 6.04 Å². The van der Waals surface area contributed by atoms with Gasteiger partial charge in [0.05, 0.1) is 5.37 Å². The first kappa shape index (κ1) is 21.9. The number of hydrogen-bond donors (Lipinski definition) is 1. The minimum absolute atomic E-state index is 0.00174. The van der Waals surface area contributed by atoms with Crippen LogP contribution in [0, 0.1) is 12.8 Å². The summed E-state index contributed by atoms with van der Waals surface area (Å²) in [5.74, 6) is 1.13. The van der Waals surface area contributed by atoms with Crippen molar-refractivity contribution in [2.75, 3.05) is 12.3 Å². The third kappa shape index (κ3) is 5.15. The van der Waals surface area contributed by atoms with Crippen molar-refractivity contribution in [2.45, 2.75) is 56.9 Å². The molecule has 1 saturated heterocycles. The second-order valence-corrected chi connectivity index (χ2v) is 9.84. The number of hydrogen-bond acceptors (Lipinski definition) is 3. The summed E-state index contributed by atoms with van der Waals surface area (Å²) >= 11 is 1.80. The minimum Gasteiger partial charge on any atom is -0.354 e. The Morgan fingerprint density at radius 2 is 1.71 bits per heavy atom. The van der Waals surface area contributed by atoms with Crippen molar-refractivity contribution >= 4 is 23.6 Å². The summed E-state index contributed by atoms with van der Waals surface area (Å²) < 4.78 is 0. The molecule has 1 heterocycles. The molecule has 2 aromatic rings. The summed E-state index contributed by atoms with van der Waals surface area (Å²) in [5, 5.41) is 3.20. The maximum Gasteiger partial charge on any atom is 0.255 e. The fourth-order valence-corrected chi connectivity index (χ4v) is 6.45. The summed E-state index contributed by atoms with van der Waals surface area (Å²) in [7, 11) is 0. The molecule has 164 valence electrons. The smallest absolute Gasteiger partial charge is 0.255 e. The van der Waals surface area contributed by atoms with E-state index in [0.29, 0.717) is 23.8 Å². The normalized spacial score (nSPS) is 21.8. The highest BCUT2D eigenvalue weighted by molar-refractivity contribution is 8.00. The van der Waals surface area contributed by atoms with Crippen molar-refractivity contribution in [1.82, 2.24) is 10.2 Å². The quantitative estimate of drug-likeness (QED) is 0.706. The average molecular weight is 437 g/mol. The van der Waals surface area contributed by atoms with E-state index >= 15 is 0 Å². The van der Waals surface area contributed by atoms with Crippen LogP contribution in [0.2, 0.25) is 0 Å². The first-order valence-corrected chi connectivity index (χ1v) is 12.5. The van der Waals surface area contributed by atoms with E-state index in [-0.39, 0.29) is 17.2 Å². The monoisotopic (exact) mass is 436 g/mol. The van der Waals surface area contributed by atoms with Crippen LogP contribution in [-0.4, -0.2) is 40.4 Å². The zero-order valence-corrected chi connectivity index (χ0v) is 19.1. The predicted octanol–water partition coefficient (Wildman–Crippen LogP) is 4.82. The van der Waals surface area contributed by atoms with Gasteiger partial charge in [0.15, 0.2) is 0 Å². The van der Waals surface area contributed by atoms with Crippen LogP contribution in [0.3, 0.4) is 0 Å².